The molecule has 1 aromatic carbocycles. The minimum absolute atomic E-state index is 0.390. The average Bonchev–Trinajstić information content (AvgIpc) is 3.07. The Labute approximate surface area is 100 Å². The fourth-order valence-electron chi connectivity index (χ4n) is 1.37. The van der Waals surface area contributed by atoms with Crippen LogP contribution in [0.25, 0.3) is 0 Å². The monoisotopic (exact) mass is 244 g/mol. The van der Waals surface area contributed by atoms with E-state index in [2.05, 4.69) is 10.8 Å². The number of ether oxygens (including phenoxy) is 1. The van der Waals surface area contributed by atoms with Crippen molar-refractivity contribution in [2.45, 2.75) is 18.2 Å². The van der Waals surface area contributed by atoms with Gasteiger partial charge in [-0.05, 0) is 30.4 Å². The van der Waals surface area contributed by atoms with Gasteiger partial charge in [0.25, 0.3) is 0 Å². The lowest BCUT2D eigenvalue weighted by Gasteiger charge is -2.01. The van der Waals surface area contributed by atoms with Gasteiger partial charge in [0.2, 0.25) is 0 Å². The number of hydrogen-bond acceptors (Lipinski definition) is 1. The van der Waals surface area contributed by atoms with Crippen LogP contribution in [0.5, 0.6) is 0 Å². The zero-order chi connectivity index (χ0) is 10.7. The summed E-state index contributed by atoms with van der Waals surface area (Å²) in [5.41, 5.74) is 1.23. The van der Waals surface area contributed by atoms with Crippen LogP contribution in [-0.4, -0.2) is 18.6 Å². The molecular weight excluding hydrogens is 231 g/mol. The molecule has 1 saturated carbocycles. The van der Waals surface area contributed by atoms with Crippen LogP contribution in [0.3, 0.4) is 0 Å². The van der Waals surface area contributed by atoms with E-state index >= 15 is 0 Å². The molecular formula is C12H14Cl2O. The first kappa shape index (κ1) is 11.3. The van der Waals surface area contributed by atoms with E-state index in [-0.39, 0.29) is 0 Å². The summed E-state index contributed by atoms with van der Waals surface area (Å²) in [6.07, 6.45) is 2.18. The summed E-state index contributed by atoms with van der Waals surface area (Å²) in [5.74, 6) is 0.659. The fourth-order valence-corrected chi connectivity index (χ4v) is 1.90. The Kier molecular flexibility index (Phi) is 3.90. The Morgan fingerprint density at radius 2 is 1.87 bits per heavy atom. The summed E-state index contributed by atoms with van der Waals surface area (Å²) in [4.78, 5) is 0. The van der Waals surface area contributed by atoms with E-state index < -0.39 is 0 Å². The van der Waals surface area contributed by atoms with Crippen molar-refractivity contribution >= 4 is 23.2 Å². The molecule has 0 radical (unpaired) electrons. The van der Waals surface area contributed by atoms with E-state index in [1.54, 1.807) is 0 Å². The van der Waals surface area contributed by atoms with E-state index in [1.165, 1.54) is 5.56 Å². The number of epoxide rings is 1. The van der Waals surface area contributed by atoms with Crippen molar-refractivity contribution in [1.29, 1.82) is 0 Å². The highest BCUT2D eigenvalue weighted by Crippen LogP contribution is 2.39. The van der Waals surface area contributed by atoms with Crippen LogP contribution in [0.4, 0.5) is 0 Å². The molecule has 0 aromatic heterocycles. The first-order valence-corrected chi connectivity index (χ1v) is 6.04. The lowest BCUT2D eigenvalue weighted by atomic mass is 10.1. The van der Waals surface area contributed by atoms with Crippen molar-refractivity contribution in [1.82, 2.24) is 0 Å². The van der Waals surface area contributed by atoms with Crippen molar-refractivity contribution < 1.29 is 4.74 Å². The maximum Gasteiger partial charge on any atom is 0.0701 e. The van der Waals surface area contributed by atoms with Gasteiger partial charge in [-0.2, -0.15) is 0 Å². The molecule has 1 heterocycles. The van der Waals surface area contributed by atoms with Crippen LogP contribution in [0.15, 0.2) is 24.3 Å². The van der Waals surface area contributed by atoms with E-state index in [4.69, 9.17) is 23.2 Å². The molecule has 0 spiro atoms. The summed E-state index contributed by atoms with van der Waals surface area (Å²) in [7, 11) is 0. The van der Waals surface area contributed by atoms with E-state index in [9.17, 15) is 0 Å². The second-order valence-corrected chi connectivity index (χ2v) is 4.89. The van der Waals surface area contributed by atoms with Crippen LogP contribution in [-0.2, 0) is 11.2 Å². The van der Waals surface area contributed by atoms with Gasteiger partial charge >= 0.3 is 0 Å². The second kappa shape index (κ2) is 5.20. The van der Waals surface area contributed by atoms with Crippen molar-refractivity contribution in [2.75, 3.05) is 13.2 Å². The van der Waals surface area contributed by atoms with Crippen molar-refractivity contribution in [3.8, 4) is 0 Å². The zero-order valence-electron chi connectivity index (χ0n) is 8.46. The van der Waals surface area contributed by atoms with Gasteiger partial charge in [0.1, 0.15) is 0 Å². The standard InChI is InChI=1S/C10H10Cl2.C2H4O/c11-9-4-2-1-3-7(9)5-8-6-10(8)12;1-2-3-1/h1-4,8,10H,5-6H2;1-2H2. The van der Waals surface area contributed by atoms with Gasteiger partial charge in [0, 0.05) is 10.4 Å². The van der Waals surface area contributed by atoms with Crippen LogP contribution < -0.4 is 0 Å². The molecule has 0 amide bonds. The van der Waals surface area contributed by atoms with Crippen LogP contribution in [0.2, 0.25) is 5.02 Å². The molecule has 2 atom stereocenters. The predicted molar refractivity (Wildman–Crippen MR) is 63.7 cm³/mol. The highest BCUT2D eigenvalue weighted by atomic mass is 35.5. The largest absolute Gasteiger partial charge is 0.377 e. The lowest BCUT2D eigenvalue weighted by molar-refractivity contribution is 0.475. The van der Waals surface area contributed by atoms with Crippen molar-refractivity contribution in [2.24, 2.45) is 5.92 Å². The second-order valence-electron chi connectivity index (χ2n) is 3.92. The van der Waals surface area contributed by atoms with Gasteiger partial charge in [-0.3, -0.25) is 0 Å². The molecule has 2 fully saturated rings. The lowest BCUT2D eigenvalue weighted by Crippen LogP contribution is -1.89. The maximum absolute atomic E-state index is 6.00. The van der Waals surface area contributed by atoms with E-state index in [1.807, 2.05) is 18.2 Å². The Balaban J connectivity index is 0.000000244. The number of hydrogen-bond donors (Lipinski definition) is 0. The summed E-state index contributed by atoms with van der Waals surface area (Å²) >= 11 is 11.9. The van der Waals surface area contributed by atoms with Gasteiger partial charge in [-0.15, -0.1) is 11.6 Å². The van der Waals surface area contributed by atoms with E-state index in [0.29, 0.717) is 11.3 Å². The highest BCUT2D eigenvalue weighted by Gasteiger charge is 2.35. The first-order chi connectivity index (χ1) is 7.27. The number of rotatable bonds is 2. The number of alkyl halides is 1. The molecule has 15 heavy (non-hydrogen) atoms. The third kappa shape index (κ3) is 4.02. The fraction of sp³-hybridized carbons (Fsp3) is 0.500. The number of halogens is 2. The van der Waals surface area contributed by atoms with Crippen LogP contribution in [0.1, 0.15) is 12.0 Å². The van der Waals surface area contributed by atoms with Gasteiger partial charge in [-0.1, -0.05) is 29.8 Å². The van der Waals surface area contributed by atoms with Gasteiger partial charge < -0.3 is 4.74 Å². The average molecular weight is 245 g/mol. The third-order valence-corrected chi connectivity index (χ3v) is 3.38. The normalized spacial score (nSPS) is 26.5. The summed E-state index contributed by atoms with van der Waals surface area (Å²) in [5, 5.41) is 1.26. The molecule has 3 rings (SSSR count). The Morgan fingerprint density at radius 3 is 2.33 bits per heavy atom. The van der Waals surface area contributed by atoms with Crippen LogP contribution in [0, 0.1) is 5.92 Å². The molecule has 1 aliphatic heterocycles. The van der Waals surface area contributed by atoms with Crippen LogP contribution >= 0.6 is 23.2 Å². The first-order valence-electron chi connectivity index (χ1n) is 5.22. The molecule has 1 saturated heterocycles. The Bertz CT molecular complexity index is 322. The molecule has 0 N–H and O–H groups in total. The zero-order valence-corrected chi connectivity index (χ0v) is 9.97. The van der Waals surface area contributed by atoms with Crippen molar-refractivity contribution in [3.05, 3.63) is 34.9 Å². The Hall–Kier alpha value is -0.240. The minimum atomic E-state index is 0.390. The molecule has 1 aliphatic carbocycles. The van der Waals surface area contributed by atoms with E-state index in [0.717, 1.165) is 31.1 Å². The van der Waals surface area contributed by atoms with Gasteiger partial charge in [-0.25, -0.2) is 0 Å². The highest BCUT2D eigenvalue weighted by molar-refractivity contribution is 6.31. The van der Waals surface area contributed by atoms with Crippen molar-refractivity contribution in [3.63, 3.8) is 0 Å². The topological polar surface area (TPSA) is 12.5 Å². The molecule has 1 nitrogen and oxygen atoms in total. The molecule has 0 bridgehead atoms. The molecule has 2 unspecified atom stereocenters. The quantitative estimate of drug-likeness (QED) is 0.573. The summed E-state index contributed by atoms with van der Waals surface area (Å²) in [6.45, 7) is 2.00. The molecule has 1 aromatic rings. The molecule has 2 aliphatic rings. The summed E-state index contributed by atoms with van der Waals surface area (Å²) < 4.78 is 4.50. The maximum atomic E-state index is 6.00. The third-order valence-electron chi connectivity index (χ3n) is 2.48. The van der Waals surface area contributed by atoms with Gasteiger partial charge in [0.15, 0.2) is 0 Å². The smallest absolute Gasteiger partial charge is 0.0701 e. The SMILES string of the molecule is C1CO1.Clc1ccccc1CC1CC1Cl. The minimum Gasteiger partial charge on any atom is -0.377 e. The molecule has 82 valence electrons. The predicted octanol–water partition coefficient (Wildman–Crippen LogP) is 3.53. The Morgan fingerprint density at radius 1 is 1.27 bits per heavy atom. The number of benzene rings is 1. The van der Waals surface area contributed by atoms with Gasteiger partial charge in [0.05, 0.1) is 13.2 Å². The summed E-state index contributed by atoms with van der Waals surface area (Å²) in [6, 6.07) is 7.98. The molecule has 3 heteroatoms.